The lowest BCUT2D eigenvalue weighted by Crippen LogP contribution is -2.60. The van der Waals surface area contributed by atoms with Crippen molar-refractivity contribution in [1.82, 2.24) is 25.4 Å². The van der Waals surface area contributed by atoms with E-state index in [9.17, 15) is 45.0 Å². The second-order valence-electron chi connectivity index (χ2n) is 30.2. The van der Waals surface area contributed by atoms with Crippen LogP contribution in [0.2, 0.25) is 35.2 Å². The number of hydrogen-bond acceptors (Lipinski definition) is 20. The first-order valence-corrected chi connectivity index (χ1v) is 40.2. The maximum absolute atomic E-state index is 11.3. The highest BCUT2D eigenvalue weighted by atomic mass is 35.5. The third-order valence-corrected chi connectivity index (χ3v) is 23.9. The monoisotopic (exact) mass is 1730 g/mol. The molecule has 5 aromatic heterocycles. The van der Waals surface area contributed by atoms with Crippen molar-refractivity contribution >= 4 is 116 Å². The van der Waals surface area contributed by atoms with Gasteiger partial charge in [0, 0.05) is 69.2 Å². The number of ether oxygens (including phenoxy) is 3. The molecule has 3 saturated carbocycles. The molecule has 12 aromatic rings. The number of aromatic carboxylic acids is 3. The smallest absolute Gasteiger partial charge is 0.337 e. The van der Waals surface area contributed by atoms with Gasteiger partial charge < -0.3 is 73.1 Å². The van der Waals surface area contributed by atoms with Crippen molar-refractivity contribution in [3.8, 4) is 51.0 Å². The van der Waals surface area contributed by atoms with Crippen LogP contribution in [0, 0.1) is 13.8 Å². The van der Waals surface area contributed by atoms with Crippen molar-refractivity contribution in [1.29, 1.82) is 0 Å². The number of carboxylic acids is 3. The third-order valence-electron chi connectivity index (χ3n) is 21.7. The quantitative estimate of drug-likeness (QED) is 0.0327. The van der Waals surface area contributed by atoms with Gasteiger partial charge in [0.2, 0.25) is 0 Å². The Balaban J connectivity index is 0.000000138. The van der Waals surface area contributed by atoms with Gasteiger partial charge in [-0.15, -0.1) is 0 Å². The van der Waals surface area contributed by atoms with Crippen LogP contribution >= 0.6 is 81.2 Å². The van der Waals surface area contributed by atoms with Gasteiger partial charge in [-0.2, -0.15) is 0 Å². The minimum Gasteiger partial charge on any atom is -0.489 e. The van der Waals surface area contributed by atoms with Crippen LogP contribution in [0.4, 0.5) is 17.2 Å². The summed E-state index contributed by atoms with van der Waals surface area (Å²) in [5.74, 6) is 2.43. The third kappa shape index (κ3) is 17.1. The molecular weight excluding hydrogens is 1660 g/mol. The largest absolute Gasteiger partial charge is 0.489 e. The van der Waals surface area contributed by atoms with Crippen molar-refractivity contribution in [2.75, 3.05) is 54.0 Å². The number of aromatic nitrogens is 5. The lowest BCUT2D eigenvalue weighted by molar-refractivity contribution is 0.00685. The van der Waals surface area contributed by atoms with Crippen LogP contribution in [-0.4, -0.2) is 113 Å². The van der Waals surface area contributed by atoms with Gasteiger partial charge in [0.25, 0.3) is 0 Å². The minimum atomic E-state index is -1.20. The van der Waals surface area contributed by atoms with Gasteiger partial charge >= 0.3 is 17.9 Å². The number of halogens is 7. The molecule has 6 N–H and O–H groups in total. The highest BCUT2D eigenvalue weighted by Gasteiger charge is 2.48. The van der Waals surface area contributed by atoms with E-state index < -0.39 is 34.7 Å². The van der Waals surface area contributed by atoms with Crippen molar-refractivity contribution in [2.45, 2.75) is 114 Å². The molecule has 118 heavy (non-hydrogen) atoms. The number of pyridine rings is 2. The molecule has 6 aliphatic rings. The van der Waals surface area contributed by atoms with Crippen LogP contribution in [0.25, 0.3) is 33.8 Å². The number of rotatable bonds is 24. The maximum Gasteiger partial charge on any atom is 0.337 e. The molecule has 3 aliphatic heterocycles. The van der Waals surface area contributed by atoms with Crippen LogP contribution in [0.5, 0.6) is 17.2 Å². The van der Waals surface area contributed by atoms with Crippen LogP contribution in [0.15, 0.2) is 184 Å². The number of benzene rings is 7. The van der Waals surface area contributed by atoms with Crippen molar-refractivity contribution < 1.29 is 72.8 Å². The maximum atomic E-state index is 11.3. The van der Waals surface area contributed by atoms with E-state index in [-0.39, 0.29) is 70.1 Å². The molecule has 608 valence electrons. The van der Waals surface area contributed by atoms with E-state index in [0.29, 0.717) is 134 Å². The first-order valence-electron chi connectivity index (χ1n) is 37.5. The Morgan fingerprint density at radius 1 is 0.415 bits per heavy atom. The molecule has 7 aromatic carbocycles. The summed E-state index contributed by atoms with van der Waals surface area (Å²) in [7, 11) is 0. The molecule has 0 atom stereocenters. The van der Waals surface area contributed by atoms with Gasteiger partial charge in [0.15, 0.2) is 0 Å². The van der Waals surface area contributed by atoms with E-state index in [4.69, 9.17) is 109 Å². The second-order valence-corrected chi connectivity index (χ2v) is 33.0. The molecule has 0 amide bonds. The van der Waals surface area contributed by atoms with E-state index in [1.807, 2.05) is 66.1 Å². The van der Waals surface area contributed by atoms with Gasteiger partial charge in [0.05, 0.1) is 120 Å². The summed E-state index contributed by atoms with van der Waals surface area (Å²) in [6.45, 7) is 6.15. The standard InChI is InChI=1S/C30H26Cl2N2O5.C29H25Cl2N3O5.C28H22Cl3N3O5.CH4/c1-17-4-2-7-24(31)26(17)27-22(28(39-33-27)18-8-9-18)14-38-21-10-11-23(25(32)13-21)30(37)15-34(16-30)20-6-3-5-19(12-20)29(35)36;1-16-3-2-4-22(30)25(16)26-20(27(39-33-26)17-5-6-17)13-38-19-7-8-21(23(31)12-19)29(37)14-34(15-29)24-11-18(28(35)36)9-10-32-24;29-21-2-1-3-22(30)24(21)25-19(26(39-33-25)15-4-5-15)12-38-18-6-7-20(23(31)9-18)28(37)13-34(14-28)17-8-16(27(35)36)10-32-11-17;/h2-7,10-13,18,37H,8-9,14-16H2,1H3,(H,35,36);2-4,7-12,17,37H,5-6,13-15H2,1H3,(H,35,36);1-3,6-11,15,37H,4-5,12-14H2,(H,35,36);1H4. The summed E-state index contributed by atoms with van der Waals surface area (Å²) in [5.41, 5.74) is 8.71. The number of anilines is 3. The number of β-amino-alcohol motifs (C(OH)–C–C–N with tert-alkyl or cyclic N) is 3. The Labute approximate surface area is 712 Å². The Morgan fingerprint density at radius 3 is 1.16 bits per heavy atom. The molecule has 0 spiro atoms. The van der Waals surface area contributed by atoms with Crippen molar-refractivity contribution in [3.63, 3.8) is 0 Å². The molecule has 3 saturated heterocycles. The Hall–Kier alpha value is -10.4. The number of nitrogens with zero attached hydrogens (tertiary/aromatic N) is 8. The predicted octanol–water partition coefficient (Wildman–Crippen LogP) is 20.2. The summed E-state index contributed by atoms with van der Waals surface area (Å²) >= 11 is 45.8. The lowest BCUT2D eigenvalue weighted by atomic mass is 9.85. The zero-order valence-electron chi connectivity index (χ0n) is 62.6. The molecular formula is C88H77Cl7N8O15. The fourth-order valence-electron chi connectivity index (χ4n) is 15.0. The van der Waals surface area contributed by atoms with Gasteiger partial charge in [-0.1, -0.05) is 159 Å². The fourth-order valence-corrected chi connectivity index (χ4v) is 17.2. The number of aryl methyl sites for hydroxylation is 2. The zero-order chi connectivity index (χ0) is 81.9. The normalized spacial score (nSPS) is 16.0. The highest BCUT2D eigenvalue weighted by molar-refractivity contribution is 6.39. The Morgan fingerprint density at radius 2 is 0.771 bits per heavy atom. The Bertz CT molecular complexity index is 5230. The Kier molecular flexibility index (Phi) is 23.7. The average Bonchev–Trinajstić information content (AvgIpc) is 1.53. The molecule has 8 heterocycles. The van der Waals surface area contributed by atoms with Gasteiger partial charge in [-0.25, -0.2) is 19.4 Å². The van der Waals surface area contributed by atoms with Crippen LogP contribution in [0.1, 0.15) is 157 Å². The first kappa shape index (κ1) is 82.7. The minimum absolute atomic E-state index is 0. The van der Waals surface area contributed by atoms with Crippen LogP contribution in [-0.2, 0) is 36.6 Å². The molecule has 6 fully saturated rings. The summed E-state index contributed by atoms with van der Waals surface area (Å²) in [4.78, 5) is 47.6. The highest BCUT2D eigenvalue weighted by Crippen LogP contribution is 2.51. The van der Waals surface area contributed by atoms with E-state index in [2.05, 4.69) is 25.4 Å². The number of carbonyl (C=O) groups is 3. The summed E-state index contributed by atoms with van der Waals surface area (Å²) in [6.07, 6.45) is 10.5. The topological polar surface area (TPSA) is 314 Å². The van der Waals surface area contributed by atoms with E-state index in [1.165, 1.54) is 30.6 Å². The van der Waals surface area contributed by atoms with E-state index in [1.54, 1.807) is 102 Å². The molecule has 30 heteroatoms. The predicted molar refractivity (Wildman–Crippen MR) is 449 cm³/mol. The fraction of sp³-hybridized carbons (Fsp3) is 0.273. The summed E-state index contributed by atoms with van der Waals surface area (Å²) < 4.78 is 35.6. The second kappa shape index (κ2) is 33.8. The number of hydrogen-bond donors (Lipinski definition) is 6. The van der Waals surface area contributed by atoms with Crippen molar-refractivity contribution in [2.24, 2.45) is 0 Å². The van der Waals surface area contributed by atoms with E-state index >= 15 is 0 Å². The molecule has 3 aliphatic carbocycles. The van der Waals surface area contributed by atoms with Gasteiger partial charge in [-0.05, 0) is 161 Å². The molecule has 0 unspecified atom stereocenters. The SMILES string of the molecule is C.Cc1cccc(Cl)c1-c1noc(C2CC2)c1COc1ccc(C2(O)CN(c3cc(C(=O)O)ccn3)C2)c(Cl)c1.Cc1cccc(Cl)c1-c1noc(C2CC2)c1COc1ccc(C2(O)CN(c3cccc(C(=O)O)c3)C2)c(Cl)c1.O=C(O)c1cncc(N2CC(O)(c3ccc(OCc4c(-c5c(Cl)cccc5Cl)noc4C4CC4)cc3Cl)C2)c1. The van der Waals surface area contributed by atoms with Gasteiger partial charge in [-0.3, -0.25) is 4.98 Å². The van der Waals surface area contributed by atoms with Crippen molar-refractivity contribution in [3.05, 3.63) is 284 Å². The lowest BCUT2D eigenvalue weighted by Gasteiger charge is -2.48. The zero-order valence-corrected chi connectivity index (χ0v) is 67.9. The van der Waals surface area contributed by atoms with E-state index in [0.717, 1.165) is 100 Å². The number of carboxylic acid groups (broad SMARTS) is 3. The van der Waals surface area contributed by atoms with Crippen LogP contribution < -0.4 is 28.9 Å². The summed E-state index contributed by atoms with van der Waals surface area (Å²) in [5, 5.41) is 77.7. The molecule has 18 rings (SSSR count). The number of aliphatic hydroxyl groups is 3. The van der Waals surface area contributed by atoms with Gasteiger partial charge in [0.1, 0.15) is 94.1 Å². The average molecular weight is 1730 g/mol. The summed E-state index contributed by atoms with van der Waals surface area (Å²) in [6, 6.07) is 43.5. The molecule has 0 bridgehead atoms. The molecule has 23 nitrogen and oxygen atoms in total. The van der Waals surface area contributed by atoms with Crippen LogP contribution in [0.3, 0.4) is 0 Å². The molecule has 0 radical (unpaired) electrons. The first-order chi connectivity index (χ1) is 56.2.